The van der Waals surface area contributed by atoms with Crippen molar-refractivity contribution in [3.63, 3.8) is 0 Å². The summed E-state index contributed by atoms with van der Waals surface area (Å²) < 4.78 is 0. The Bertz CT molecular complexity index is 639. The molecule has 0 spiro atoms. The summed E-state index contributed by atoms with van der Waals surface area (Å²) >= 11 is 7.41. The van der Waals surface area contributed by atoms with Gasteiger partial charge in [0.1, 0.15) is 6.04 Å². The normalized spacial score (nSPS) is 16.5. The van der Waals surface area contributed by atoms with Crippen molar-refractivity contribution in [2.24, 2.45) is 0 Å². The molecule has 2 amide bonds. The van der Waals surface area contributed by atoms with Gasteiger partial charge in [-0.1, -0.05) is 24.4 Å². The monoisotopic (exact) mass is 398 g/mol. The number of halogens is 1. The number of thioether (sulfide) groups is 1. The maximum Gasteiger partial charge on any atom is 0.303 e. The third kappa shape index (κ3) is 6.21. The molecule has 0 radical (unpaired) electrons. The molecule has 26 heavy (non-hydrogen) atoms. The number of amides is 2. The van der Waals surface area contributed by atoms with E-state index in [0.717, 1.165) is 19.3 Å². The standard InChI is InChI=1S/C18H23ClN2O4S/c19-14-8-6-13(7-9-14)18(25)21-12-26-11-15(21)17(24)20-10-4-2-1-3-5-16(22)23/h6-9,15H,1-5,10-12H2,(H,20,24)(H,22,23). The summed E-state index contributed by atoms with van der Waals surface area (Å²) in [6.07, 6.45) is 3.36. The molecule has 0 aliphatic carbocycles. The second kappa shape index (κ2) is 10.4. The molecule has 1 aliphatic rings. The number of carboxylic acids is 1. The van der Waals surface area contributed by atoms with E-state index < -0.39 is 12.0 Å². The highest BCUT2D eigenvalue weighted by molar-refractivity contribution is 7.99. The number of aliphatic carboxylic acids is 1. The lowest BCUT2D eigenvalue weighted by molar-refractivity contribution is -0.137. The van der Waals surface area contributed by atoms with Crippen LogP contribution in [-0.4, -0.2) is 52.0 Å². The van der Waals surface area contributed by atoms with E-state index in [4.69, 9.17) is 16.7 Å². The Labute approximate surface area is 162 Å². The van der Waals surface area contributed by atoms with Crippen LogP contribution in [0.4, 0.5) is 0 Å². The van der Waals surface area contributed by atoms with Gasteiger partial charge in [0.25, 0.3) is 5.91 Å². The van der Waals surface area contributed by atoms with E-state index in [2.05, 4.69) is 5.32 Å². The Hall–Kier alpha value is -1.73. The Kier molecular flexibility index (Phi) is 8.25. The molecule has 0 saturated carbocycles. The smallest absolute Gasteiger partial charge is 0.303 e. The Morgan fingerprint density at radius 1 is 1.15 bits per heavy atom. The first kappa shape index (κ1) is 20.6. The summed E-state index contributed by atoms with van der Waals surface area (Å²) in [4.78, 5) is 37.0. The quantitative estimate of drug-likeness (QED) is 0.624. The van der Waals surface area contributed by atoms with Gasteiger partial charge >= 0.3 is 5.97 Å². The lowest BCUT2D eigenvalue weighted by Crippen LogP contribution is -2.47. The minimum Gasteiger partial charge on any atom is -0.481 e. The fourth-order valence-electron chi connectivity index (χ4n) is 2.70. The van der Waals surface area contributed by atoms with Crippen molar-refractivity contribution in [3.8, 4) is 0 Å². The molecule has 1 aromatic rings. The lowest BCUT2D eigenvalue weighted by atomic mass is 10.1. The number of hydrogen-bond donors (Lipinski definition) is 2. The maximum atomic E-state index is 12.6. The van der Waals surface area contributed by atoms with E-state index >= 15 is 0 Å². The molecule has 2 N–H and O–H groups in total. The molecule has 1 saturated heterocycles. The summed E-state index contributed by atoms with van der Waals surface area (Å²) in [5, 5.41) is 12.0. The number of benzene rings is 1. The molecule has 8 heteroatoms. The Balaban J connectivity index is 1.76. The number of nitrogens with zero attached hydrogens (tertiary/aromatic N) is 1. The summed E-state index contributed by atoms with van der Waals surface area (Å²) in [5.41, 5.74) is 0.521. The molecule has 1 atom stereocenters. The Morgan fingerprint density at radius 3 is 2.54 bits per heavy atom. The third-order valence-electron chi connectivity index (χ3n) is 4.15. The molecule has 6 nitrogen and oxygen atoms in total. The molecule has 142 valence electrons. The minimum atomic E-state index is -0.775. The lowest BCUT2D eigenvalue weighted by Gasteiger charge is -2.23. The predicted octanol–water partition coefficient (Wildman–Crippen LogP) is 3.01. The molecule has 1 unspecified atom stereocenters. The van der Waals surface area contributed by atoms with E-state index in [0.29, 0.717) is 35.2 Å². The second-order valence-corrected chi connectivity index (χ2v) is 7.58. The van der Waals surface area contributed by atoms with Crippen LogP contribution >= 0.6 is 23.4 Å². The predicted molar refractivity (Wildman–Crippen MR) is 102 cm³/mol. The largest absolute Gasteiger partial charge is 0.481 e. The number of carboxylic acid groups (broad SMARTS) is 1. The Morgan fingerprint density at radius 2 is 1.85 bits per heavy atom. The van der Waals surface area contributed by atoms with Gasteiger partial charge < -0.3 is 15.3 Å². The molecule has 1 aromatic carbocycles. The van der Waals surface area contributed by atoms with E-state index in [1.807, 2.05) is 0 Å². The number of carbonyl (C=O) groups is 3. The zero-order valence-electron chi connectivity index (χ0n) is 14.4. The highest BCUT2D eigenvalue weighted by Crippen LogP contribution is 2.24. The van der Waals surface area contributed by atoms with Gasteiger partial charge in [-0.05, 0) is 37.1 Å². The van der Waals surface area contributed by atoms with Gasteiger partial charge in [-0.15, -0.1) is 11.8 Å². The molecule has 2 rings (SSSR count). The zero-order valence-corrected chi connectivity index (χ0v) is 16.0. The molecule has 1 aliphatic heterocycles. The van der Waals surface area contributed by atoms with Crippen LogP contribution in [0.2, 0.25) is 5.02 Å². The van der Waals surface area contributed by atoms with Gasteiger partial charge in [0, 0.05) is 29.3 Å². The molecular formula is C18H23ClN2O4S. The van der Waals surface area contributed by atoms with Crippen molar-refractivity contribution < 1.29 is 19.5 Å². The molecule has 0 aromatic heterocycles. The summed E-state index contributed by atoms with van der Waals surface area (Å²) in [6, 6.07) is 6.20. The van der Waals surface area contributed by atoms with Crippen LogP contribution in [0.15, 0.2) is 24.3 Å². The van der Waals surface area contributed by atoms with E-state index in [1.54, 1.807) is 40.9 Å². The van der Waals surface area contributed by atoms with Gasteiger partial charge in [-0.2, -0.15) is 0 Å². The summed E-state index contributed by atoms with van der Waals surface area (Å²) in [5.74, 6) is 0.00391. The van der Waals surface area contributed by atoms with Crippen LogP contribution in [-0.2, 0) is 9.59 Å². The average Bonchev–Trinajstić information content (AvgIpc) is 3.10. The van der Waals surface area contributed by atoms with Crippen LogP contribution in [0.5, 0.6) is 0 Å². The van der Waals surface area contributed by atoms with Gasteiger partial charge in [0.15, 0.2) is 0 Å². The van der Waals surface area contributed by atoms with Crippen molar-refractivity contribution in [2.75, 3.05) is 18.2 Å². The van der Waals surface area contributed by atoms with Crippen molar-refractivity contribution in [2.45, 2.75) is 38.1 Å². The second-order valence-electron chi connectivity index (χ2n) is 6.15. The maximum absolute atomic E-state index is 12.6. The van der Waals surface area contributed by atoms with Crippen molar-refractivity contribution >= 4 is 41.1 Å². The zero-order chi connectivity index (χ0) is 18.9. The number of hydrogen-bond acceptors (Lipinski definition) is 4. The minimum absolute atomic E-state index is 0.136. The average molecular weight is 399 g/mol. The number of nitrogens with one attached hydrogen (secondary N) is 1. The van der Waals surface area contributed by atoms with Crippen LogP contribution < -0.4 is 5.32 Å². The highest BCUT2D eigenvalue weighted by Gasteiger charge is 2.34. The molecular weight excluding hydrogens is 376 g/mol. The van der Waals surface area contributed by atoms with Crippen molar-refractivity contribution in [1.82, 2.24) is 10.2 Å². The first-order valence-electron chi connectivity index (χ1n) is 8.63. The topological polar surface area (TPSA) is 86.7 Å². The van der Waals surface area contributed by atoms with Crippen LogP contribution in [0.25, 0.3) is 0 Å². The van der Waals surface area contributed by atoms with E-state index in [9.17, 15) is 14.4 Å². The molecule has 1 fully saturated rings. The first-order valence-corrected chi connectivity index (χ1v) is 10.2. The van der Waals surface area contributed by atoms with Crippen molar-refractivity contribution in [3.05, 3.63) is 34.9 Å². The van der Waals surface area contributed by atoms with Crippen LogP contribution in [0.1, 0.15) is 42.5 Å². The van der Waals surface area contributed by atoms with Gasteiger partial charge in [-0.25, -0.2) is 0 Å². The van der Waals surface area contributed by atoms with Gasteiger partial charge in [-0.3, -0.25) is 14.4 Å². The number of carbonyl (C=O) groups excluding carboxylic acids is 2. The summed E-state index contributed by atoms with van der Waals surface area (Å²) in [7, 11) is 0. The SMILES string of the molecule is O=C(O)CCCCCCNC(=O)C1CSCN1C(=O)c1ccc(Cl)cc1. The van der Waals surface area contributed by atoms with Crippen LogP contribution in [0.3, 0.4) is 0 Å². The fraction of sp³-hybridized carbons (Fsp3) is 0.500. The van der Waals surface area contributed by atoms with Gasteiger partial charge in [0.2, 0.25) is 5.91 Å². The third-order valence-corrected chi connectivity index (χ3v) is 5.42. The highest BCUT2D eigenvalue weighted by atomic mass is 35.5. The molecule has 0 bridgehead atoms. The first-order chi connectivity index (χ1) is 12.5. The van der Waals surface area contributed by atoms with Gasteiger partial charge in [0.05, 0.1) is 5.88 Å². The summed E-state index contributed by atoms with van der Waals surface area (Å²) in [6.45, 7) is 0.538. The van der Waals surface area contributed by atoms with Crippen molar-refractivity contribution in [1.29, 1.82) is 0 Å². The van der Waals surface area contributed by atoms with Crippen LogP contribution in [0, 0.1) is 0 Å². The van der Waals surface area contributed by atoms with E-state index in [-0.39, 0.29) is 18.2 Å². The number of unbranched alkanes of at least 4 members (excludes halogenated alkanes) is 3. The van der Waals surface area contributed by atoms with E-state index in [1.165, 1.54) is 0 Å². The number of rotatable bonds is 9. The molecule has 1 heterocycles. The fourth-order valence-corrected chi connectivity index (χ4v) is 3.98.